The SMILES string of the molecule is CCC1(CCOS(=O)(=O)c2ccc(C)cc2)CCO1. The molecule has 0 amide bonds. The van der Waals surface area contributed by atoms with Crippen LogP contribution < -0.4 is 0 Å². The van der Waals surface area contributed by atoms with Crippen LogP contribution in [-0.2, 0) is 19.0 Å². The first-order chi connectivity index (χ1) is 8.97. The largest absolute Gasteiger partial charge is 0.375 e. The first-order valence-corrected chi connectivity index (χ1v) is 7.98. The van der Waals surface area contributed by atoms with E-state index < -0.39 is 10.1 Å². The van der Waals surface area contributed by atoms with Gasteiger partial charge in [-0.2, -0.15) is 8.42 Å². The Bertz CT molecular complexity index is 509. The lowest BCUT2D eigenvalue weighted by Gasteiger charge is -2.41. The summed E-state index contributed by atoms with van der Waals surface area (Å²) in [5.41, 5.74) is 0.856. The molecular weight excluding hydrogens is 264 g/mol. The molecule has 1 atom stereocenters. The van der Waals surface area contributed by atoms with Crippen molar-refractivity contribution in [2.24, 2.45) is 0 Å². The predicted molar refractivity (Wildman–Crippen MR) is 72.5 cm³/mol. The molecule has 1 aromatic rings. The number of ether oxygens (including phenoxy) is 1. The van der Waals surface area contributed by atoms with Crippen molar-refractivity contribution in [3.8, 4) is 0 Å². The zero-order valence-corrected chi connectivity index (χ0v) is 12.2. The minimum absolute atomic E-state index is 0.164. The highest BCUT2D eigenvalue weighted by molar-refractivity contribution is 7.86. The zero-order valence-electron chi connectivity index (χ0n) is 11.4. The Morgan fingerprint density at radius 1 is 1.32 bits per heavy atom. The average molecular weight is 284 g/mol. The highest BCUT2D eigenvalue weighted by Crippen LogP contribution is 2.33. The molecule has 1 aliphatic heterocycles. The summed E-state index contributed by atoms with van der Waals surface area (Å²) in [6.07, 6.45) is 2.49. The second-order valence-electron chi connectivity index (χ2n) is 4.97. The fraction of sp³-hybridized carbons (Fsp3) is 0.571. The summed E-state index contributed by atoms with van der Waals surface area (Å²) in [7, 11) is -3.65. The molecule has 0 spiro atoms. The maximum atomic E-state index is 12.0. The molecule has 0 saturated carbocycles. The molecule has 0 N–H and O–H groups in total. The van der Waals surface area contributed by atoms with Gasteiger partial charge in [-0.25, -0.2) is 0 Å². The number of benzene rings is 1. The summed E-state index contributed by atoms with van der Waals surface area (Å²) >= 11 is 0. The second kappa shape index (κ2) is 5.61. The van der Waals surface area contributed by atoms with Crippen molar-refractivity contribution in [3.05, 3.63) is 29.8 Å². The standard InChI is InChI=1S/C14H20O4S/c1-3-14(8-10-17-14)9-11-18-19(15,16)13-6-4-12(2)5-7-13/h4-7H,3,8-11H2,1-2H3. The fourth-order valence-corrected chi connectivity index (χ4v) is 3.06. The molecule has 1 fully saturated rings. The van der Waals surface area contributed by atoms with Gasteiger partial charge in [0.2, 0.25) is 0 Å². The van der Waals surface area contributed by atoms with Gasteiger partial charge in [-0.3, -0.25) is 4.18 Å². The van der Waals surface area contributed by atoms with Crippen molar-refractivity contribution in [3.63, 3.8) is 0 Å². The van der Waals surface area contributed by atoms with E-state index in [0.29, 0.717) is 6.42 Å². The van der Waals surface area contributed by atoms with Gasteiger partial charge in [0.15, 0.2) is 0 Å². The van der Waals surface area contributed by atoms with Gasteiger partial charge in [-0.15, -0.1) is 0 Å². The lowest BCUT2D eigenvalue weighted by atomic mass is 9.89. The third-order valence-electron chi connectivity index (χ3n) is 3.72. The number of hydrogen-bond donors (Lipinski definition) is 0. The molecule has 1 unspecified atom stereocenters. The Kier molecular flexibility index (Phi) is 4.28. The van der Waals surface area contributed by atoms with Crippen LogP contribution in [0.3, 0.4) is 0 Å². The summed E-state index contributed by atoms with van der Waals surface area (Å²) in [5.74, 6) is 0. The average Bonchev–Trinajstić information content (AvgIpc) is 2.33. The Morgan fingerprint density at radius 3 is 2.42 bits per heavy atom. The molecule has 0 aliphatic carbocycles. The van der Waals surface area contributed by atoms with E-state index in [2.05, 4.69) is 0 Å². The van der Waals surface area contributed by atoms with E-state index in [0.717, 1.165) is 25.0 Å². The van der Waals surface area contributed by atoms with Crippen molar-refractivity contribution in [1.82, 2.24) is 0 Å². The van der Waals surface area contributed by atoms with E-state index in [4.69, 9.17) is 8.92 Å². The molecule has 1 aromatic carbocycles. The van der Waals surface area contributed by atoms with Gasteiger partial charge < -0.3 is 4.74 Å². The Labute approximate surface area is 114 Å². The summed E-state index contributed by atoms with van der Waals surface area (Å²) < 4.78 is 34.5. The van der Waals surface area contributed by atoms with Crippen LogP contribution in [0.4, 0.5) is 0 Å². The smallest absolute Gasteiger partial charge is 0.296 e. The minimum Gasteiger partial charge on any atom is -0.375 e. The zero-order chi connectivity index (χ0) is 13.9. The van der Waals surface area contributed by atoms with E-state index in [1.54, 1.807) is 24.3 Å². The molecular formula is C14H20O4S. The third-order valence-corrected chi connectivity index (χ3v) is 5.04. The topological polar surface area (TPSA) is 52.6 Å². The number of hydrogen-bond acceptors (Lipinski definition) is 4. The van der Waals surface area contributed by atoms with E-state index in [-0.39, 0.29) is 17.1 Å². The van der Waals surface area contributed by atoms with Crippen LogP contribution in [-0.4, -0.2) is 27.2 Å². The number of aryl methyl sites for hydroxylation is 1. The summed E-state index contributed by atoms with van der Waals surface area (Å²) in [4.78, 5) is 0.207. The highest BCUT2D eigenvalue weighted by atomic mass is 32.2. The summed E-state index contributed by atoms with van der Waals surface area (Å²) in [6, 6.07) is 6.66. The molecule has 0 aromatic heterocycles. The van der Waals surface area contributed by atoms with Gasteiger partial charge in [0.1, 0.15) is 0 Å². The quantitative estimate of drug-likeness (QED) is 0.754. The molecule has 1 aliphatic rings. The minimum atomic E-state index is -3.65. The van der Waals surface area contributed by atoms with Gasteiger partial charge in [0.05, 0.1) is 23.7 Å². The molecule has 4 nitrogen and oxygen atoms in total. The van der Waals surface area contributed by atoms with Crippen molar-refractivity contribution < 1.29 is 17.3 Å². The monoisotopic (exact) mass is 284 g/mol. The molecule has 1 heterocycles. The van der Waals surface area contributed by atoms with Gasteiger partial charge in [-0.1, -0.05) is 24.6 Å². The van der Waals surface area contributed by atoms with Crippen LogP contribution in [0, 0.1) is 6.92 Å². The Hall–Kier alpha value is -0.910. The summed E-state index contributed by atoms with van der Waals surface area (Å²) in [6.45, 7) is 4.90. The molecule has 0 radical (unpaired) electrons. The Balaban J connectivity index is 1.93. The molecule has 0 bridgehead atoms. The van der Waals surface area contributed by atoms with E-state index in [1.807, 2.05) is 13.8 Å². The molecule has 106 valence electrons. The highest BCUT2D eigenvalue weighted by Gasteiger charge is 2.36. The molecule has 2 rings (SSSR count). The summed E-state index contributed by atoms with van der Waals surface area (Å²) in [5, 5.41) is 0. The fourth-order valence-electron chi connectivity index (χ4n) is 2.15. The van der Waals surface area contributed by atoms with Crippen LogP contribution in [0.2, 0.25) is 0 Å². The normalized spacial score (nSPS) is 23.1. The van der Waals surface area contributed by atoms with Crippen molar-refractivity contribution in [2.45, 2.75) is 43.6 Å². The maximum Gasteiger partial charge on any atom is 0.296 e. The maximum absolute atomic E-state index is 12.0. The molecule has 1 saturated heterocycles. The number of rotatable bonds is 6. The third kappa shape index (κ3) is 3.35. The van der Waals surface area contributed by atoms with Crippen LogP contribution in [0.1, 0.15) is 31.7 Å². The predicted octanol–water partition coefficient (Wildman–Crippen LogP) is 2.66. The van der Waals surface area contributed by atoms with E-state index in [1.165, 1.54) is 0 Å². The van der Waals surface area contributed by atoms with E-state index >= 15 is 0 Å². The van der Waals surface area contributed by atoms with Gasteiger partial charge in [0.25, 0.3) is 10.1 Å². The van der Waals surface area contributed by atoms with Crippen molar-refractivity contribution in [2.75, 3.05) is 13.2 Å². The van der Waals surface area contributed by atoms with Gasteiger partial charge in [0, 0.05) is 6.42 Å². The lowest BCUT2D eigenvalue weighted by molar-refractivity contribution is -0.156. The van der Waals surface area contributed by atoms with E-state index in [9.17, 15) is 8.42 Å². The second-order valence-corrected chi connectivity index (χ2v) is 6.59. The van der Waals surface area contributed by atoms with Crippen LogP contribution in [0.5, 0.6) is 0 Å². The van der Waals surface area contributed by atoms with Crippen LogP contribution in [0.25, 0.3) is 0 Å². The van der Waals surface area contributed by atoms with Crippen LogP contribution >= 0.6 is 0 Å². The molecule has 5 heteroatoms. The van der Waals surface area contributed by atoms with Crippen molar-refractivity contribution in [1.29, 1.82) is 0 Å². The Morgan fingerprint density at radius 2 is 1.95 bits per heavy atom. The van der Waals surface area contributed by atoms with Crippen LogP contribution in [0.15, 0.2) is 29.2 Å². The molecule has 19 heavy (non-hydrogen) atoms. The van der Waals surface area contributed by atoms with Gasteiger partial charge in [-0.05, 0) is 31.9 Å². The van der Waals surface area contributed by atoms with Crippen molar-refractivity contribution >= 4 is 10.1 Å². The first-order valence-electron chi connectivity index (χ1n) is 6.57. The lowest BCUT2D eigenvalue weighted by Crippen LogP contribution is -2.44. The van der Waals surface area contributed by atoms with Gasteiger partial charge >= 0.3 is 0 Å². The first kappa shape index (κ1) is 14.5.